The average Bonchev–Trinajstić information content (AvgIpc) is 2.92. The maximum Gasteiger partial charge on any atom is 0.418 e. The summed E-state index contributed by atoms with van der Waals surface area (Å²) in [7, 11) is 0. The second kappa shape index (κ2) is 11.0. The number of rotatable bonds is 8. The van der Waals surface area contributed by atoms with Gasteiger partial charge in [0, 0.05) is 29.4 Å². The van der Waals surface area contributed by atoms with Gasteiger partial charge < -0.3 is 10.4 Å². The lowest BCUT2D eigenvalue weighted by Gasteiger charge is -2.17. The lowest BCUT2D eigenvalue weighted by Crippen LogP contribution is -2.07. The number of aromatic nitrogens is 1. The zero-order chi connectivity index (χ0) is 27.4. The molecule has 0 aliphatic rings. The van der Waals surface area contributed by atoms with Crippen LogP contribution >= 0.6 is 0 Å². The van der Waals surface area contributed by atoms with Crippen LogP contribution in [-0.2, 0) is 23.8 Å². The van der Waals surface area contributed by atoms with E-state index in [0.717, 1.165) is 39.7 Å². The highest BCUT2D eigenvalue weighted by Gasteiger charge is 2.33. The SMILES string of the molecule is O=C(O)CCc1ccc(Nc2cccc(-c3c(Cc4ccccc4)cnc4c(C(F)(F)F)cccc34)c2)cc1. The highest BCUT2D eigenvalue weighted by molar-refractivity contribution is 5.98. The number of nitrogens with zero attached hydrogens (tertiary/aromatic N) is 1. The number of nitrogens with one attached hydrogen (secondary N) is 1. The van der Waals surface area contributed by atoms with Crippen molar-refractivity contribution >= 4 is 28.2 Å². The van der Waals surface area contributed by atoms with Gasteiger partial charge in [-0.2, -0.15) is 13.2 Å². The Morgan fingerprint density at radius 3 is 2.28 bits per heavy atom. The number of para-hydroxylation sites is 1. The lowest BCUT2D eigenvalue weighted by molar-refractivity contribution is -0.137. The van der Waals surface area contributed by atoms with Gasteiger partial charge in [0.25, 0.3) is 0 Å². The normalized spacial score (nSPS) is 11.5. The highest BCUT2D eigenvalue weighted by atomic mass is 19.4. The van der Waals surface area contributed by atoms with Gasteiger partial charge in [0.1, 0.15) is 0 Å². The van der Waals surface area contributed by atoms with Crippen LogP contribution in [0.5, 0.6) is 0 Å². The fourth-order valence-corrected chi connectivity index (χ4v) is 4.71. The molecule has 0 spiro atoms. The van der Waals surface area contributed by atoms with Crippen molar-refractivity contribution in [3.05, 3.63) is 126 Å². The van der Waals surface area contributed by atoms with Crippen molar-refractivity contribution in [2.24, 2.45) is 0 Å². The molecule has 0 unspecified atom stereocenters. The molecule has 1 aromatic heterocycles. The quantitative estimate of drug-likeness (QED) is 0.214. The molecule has 5 rings (SSSR count). The Morgan fingerprint density at radius 1 is 0.821 bits per heavy atom. The number of pyridine rings is 1. The fraction of sp³-hybridized carbons (Fsp3) is 0.125. The number of halogens is 3. The van der Waals surface area contributed by atoms with Gasteiger partial charge in [0.05, 0.1) is 11.1 Å². The first kappa shape index (κ1) is 26.0. The van der Waals surface area contributed by atoms with Crippen LogP contribution in [0.3, 0.4) is 0 Å². The van der Waals surface area contributed by atoms with Crippen LogP contribution < -0.4 is 5.32 Å². The summed E-state index contributed by atoms with van der Waals surface area (Å²) < 4.78 is 41.5. The van der Waals surface area contributed by atoms with E-state index in [1.54, 1.807) is 12.3 Å². The molecule has 0 radical (unpaired) electrons. The van der Waals surface area contributed by atoms with Gasteiger partial charge in [0.15, 0.2) is 0 Å². The number of hydrogen-bond acceptors (Lipinski definition) is 3. The Labute approximate surface area is 223 Å². The number of alkyl halides is 3. The highest BCUT2D eigenvalue weighted by Crippen LogP contribution is 2.39. The van der Waals surface area contributed by atoms with E-state index in [9.17, 15) is 18.0 Å². The van der Waals surface area contributed by atoms with Crippen molar-refractivity contribution in [2.75, 3.05) is 5.32 Å². The molecular weight excluding hydrogens is 501 g/mol. The first-order chi connectivity index (χ1) is 18.8. The van der Waals surface area contributed by atoms with E-state index in [0.29, 0.717) is 23.8 Å². The van der Waals surface area contributed by atoms with Crippen LogP contribution in [0.15, 0.2) is 103 Å². The largest absolute Gasteiger partial charge is 0.481 e. The van der Waals surface area contributed by atoms with Crippen LogP contribution in [0, 0.1) is 0 Å². The summed E-state index contributed by atoms with van der Waals surface area (Å²) in [5.74, 6) is -0.841. The van der Waals surface area contributed by atoms with Gasteiger partial charge in [0.2, 0.25) is 0 Å². The maximum atomic E-state index is 13.8. The number of carboxylic acid groups (broad SMARTS) is 1. The van der Waals surface area contributed by atoms with E-state index in [2.05, 4.69) is 10.3 Å². The molecule has 0 aliphatic heterocycles. The van der Waals surface area contributed by atoms with Crippen molar-refractivity contribution < 1.29 is 23.1 Å². The van der Waals surface area contributed by atoms with Crippen LogP contribution in [0.2, 0.25) is 0 Å². The number of aryl methyl sites for hydroxylation is 1. The predicted molar refractivity (Wildman–Crippen MR) is 147 cm³/mol. The molecular formula is C32H25F3N2O2. The second-order valence-electron chi connectivity index (χ2n) is 9.32. The smallest absolute Gasteiger partial charge is 0.418 e. The summed E-state index contributed by atoms with van der Waals surface area (Å²) >= 11 is 0. The maximum absolute atomic E-state index is 13.8. The third-order valence-electron chi connectivity index (χ3n) is 6.54. The molecule has 2 N–H and O–H groups in total. The Morgan fingerprint density at radius 2 is 1.56 bits per heavy atom. The van der Waals surface area contributed by atoms with Crippen molar-refractivity contribution in [3.8, 4) is 11.1 Å². The van der Waals surface area contributed by atoms with E-state index < -0.39 is 17.7 Å². The third-order valence-corrected chi connectivity index (χ3v) is 6.54. The summed E-state index contributed by atoms with van der Waals surface area (Å²) in [6.07, 6.45) is -1.94. The number of benzene rings is 4. The molecule has 7 heteroatoms. The molecule has 0 atom stereocenters. The van der Waals surface area contributed by atoms with Crippen molar-refractivity contribution in [1.29, 1.82) is 0 Å². The van der Waals surface area contributed by atoms with Crippen LogP contribution in [-0.4, -0.2) is 16.1 Å². The van der Waals surface area contributed by atoms with Gasteiger partial charge in [-0.05, 0) is 71.0 Å². The predicted octanol–water partition coefficient (Wildman–Crippen LogP) is 8.27. The summed E-state index contributed by atoms with van der Waals surface area (Å²) in [6.45, 7) is 0. The zero-order valence-electron chi connectivity index (χ0n) is 20.9. The average molecular weight is 527 g/mol. The lowest BCUT2D eigenvalue weighted by atomic mass is 9.91. The van der Waals surface area contributed by atoms with E-state index in [4.69, 9.17) is 5.11 Å². The molecule has 4 nitrogen and oxygen atoms in total. The van der Waals surface area contributed by atoms with Crippen LogP contribution in [0.25, 0.3) is 22.0 Å². The Bertz CT molecular complexity index is 1620. The molecule has 0 saturated carbocycles. The van der Waals surface area contributed by atoms with Gasteiger partial charge in [-0.15, -0.1) is 0 Å². The topological polar surface area (TPSA) is 62.2 Å². The summed E-state index contributed by atoms with van der Waals surface area (Å²) in [4.78, 5) is 15.1. The standard InChI is InChI=1S/C32H25F3N2O2/c33-32(34,35)28-11-5-10-27-30(24(20-36-31(27)28)18-22-6-2-1-3-7-22)23-8-4-9-26(19-23)37-25-15-12-21(13-16-25)14-17-29(38)39/h1-13,15-16,19-20,37H,14,17-18H2,(H,38,39). The number of carbonyl (C=O) groups is 1. The minimum absolute atomic E-state index is 0.0656. The van der Waals surface area contributed by atoms with Gasteiger partial charge in [-0.3, -0.25) is 9.78 Å². The molecule has 39 heavy (non-hydrogen) atoms. The van der Waals surface area contributed by atoms with E-state index in [1.165, 1.54) is 6.07 Å². The molecule has 0 saturated heterocycles. The molecule has 0 fully saturated rings. The Kier molecular flexibility index (Phi) is 7.32. The van der Waals surface area contributed by atoms with Crippen molar-refractivity contribution in [3.63, 3.8) is 0 Å². The molecule has 0 bridgehead atoms. The van der Waals surface area contributed by atoms with Crippen LogP contribution in [0.4, 0.5) is 24.5 Å². The first-order valence-electron chi connectivity index (χ1n) is 12.5. The summed E-state index contributed by atoms with van der Waals surface area (Å²) in [5, 5.41) is 12.7. The zero-order valence-corrected chi connectivity index (χ0v) is 20.9. The third kappa shape index (κ3) is 6.09. The molecule has 196 valence electrons. The Hall–Kier alpha value is -4.65. The number of aliphatic carboxylic acids is 1. The van der Waals surface area contributed by atoms with Crippen molar-refractivity contribution in [1.82, 2.24) is 4.98 Å². The van der Waals surface area contributed by atoms with Gasteiger partial charge in [-0.25, -0.2) is 0 Å². The fourth-order valence-electron chi connectivity index (χ4n) is 4.71. The van der Waals surface area contributed by atoms with E-state index in [1.807, 2.05) is 78.9 Å². The number of hydrogen-bond donors (Lipinski definition) is 2. The first-order valence-corrected chi connectivity index (χ1v) is 12.5. The van der Waals surface area contributed by atoms with Crippen molar-refractivity contribution in [2.45, 2.75) is 25.4 Å². The molecule has 0 aliphatic carbocycles. The van der Waals surface area contributed by atoms with Gasteiger partial charge in [-0.1, -0.05) is 66.7 Å². The Balaban J connectivity index is 1.55. The molecule has 4 aromatic carbocycles. The van der Waals surface area contributed by atoms with E-state index >= 15 is 0 Å². The number of carboxylic acids is 1. The summed E-state index contributed by atoms with van der Waals surface area (Å²) in [6, 6.07) is 29.0. The van der Waals surface area contributed by atoms with E-state index in [-0.39, 0.29) is 11.9 Å². The molecule has 5 aromatic rings. The monoisotopic (exact) mass is 526 g/mol. The molecule has 1 heterocycles. The van der Waals surface area contributed by atoms with Gasteiger partial charge >= 0.3 is 12.1 Å². The summed E-state index contributed by atoms with van der Waals surface area (Å²) in [5.41, 5.74) is 5.02. The minimum Gasteiger partial charge on any atom is -0.481 e. The minimum atomic E-state index is -4.52. The van der Waals surface area contributed by atoms with Crippen LogP contribution in [0.1, 0.15) is 28.7 Å². The molecule has 0 amide bonds. The number of anilines is 2. The second-order valence-corrected chi connectivity index (χ2v) is 9.32. The number of fused-ring (bicyclic) bond motifs is 1.